The molecule has 2 aromatic carbocycles. The van der Waals surface area contributed by atoms with E-state index in [1.54, 1.807) is 19.5 Å². The minimum atomic E-state index is 0.683. The number of pyridine rings is 1. The third kappa shape index (κ3) is 3.43. The standard InChI is InChI=1S/C26H24N4O2/c1-4-30(5-2)18-14-22(31-3)26-23(15-18)32-24-16-21(28-17-10-12-27-13-11-17)19-8-6-7-9-20(19)25(24)29-26/h6-16H,4-5H2,1-3H3/b28-21-. The van der Waals surface area contributed by atoms with Gasteiger partial charge in [0.25, 0.3) is 0 Å². The van der Waals surface area contributed by atoms with Gasteiger partial charge in [-0.1, -0.05) is 24.3 Å². The number of hydrogen-bond acceptors (Lipinski definition) is 6. The lowest BCUT2D eigenvalue weighted by molar-refractivity contribution is 0.418. The van der Waals surface area contributed by atoms with Crippen LogP contribution in [0.1, 0.15) is 13.8 Å². The molecule has 160 valence electrons. The number of aromatic nitrogens is 2. The predicted molar refractivity (Wildman–Crippen MR) is 128 cm³/mol. The van der Waals surface area contributed by atoms with Gasteiger partial charge >= 0.3 is 0 Å². The number of benzene rings is 3. The van der Waals surface area contributed by atoms with Crippen molar-refractivity contribution in [2.24, 2.45) is 4.99 Å². The van der Waals surface area contributed by atoms with Crippen LogP contribution < -0.4 is 15.0 Å². The molecule has 1 aliphatic heterocycles. The van der Waals surface area contributed by atoms with E-state index in [4.69, 9.17) is 19.1 Å². The smallest absolute Gasteiger partial charge is 0.159 e. The molecule has 0 bridgehead atoms. The lowest BCUT2D eigenvalue weighted by Gasteiger charge is -2.22. The molecule has 6 heteroatoms. The Morgan fingerprint density at radius 2 is 1.72 bits per heavy atom. The second-order valence-corrected chi connectivity index (χ2v) is 7.49. The zero-order valence-corrected chi connectivity index (χ0v) is 18.4. The molecule has 1 aromatic heterocycles. The van der Waals surface area contributed by atoms with Crippen molar-refractivity contribution in [3.63, 3.8) is 0 Å². The van der Waals surface area contributed by atoms with Crippen molar-refractivity contribution in [1.29, 1.82) is 0 Å². The van der Waals surface area contributed by atoms with E-state index < -0.39 is 0 Å². The van der Waals surface area contributed by atoms with Gasteiger partial charge in [0.2, 0.25) is 0 Å². The van der Waals surface area contributed by atoms with Gasteiger partial charge in [-0.05, 0) is 26.0 Å². The minimum Gasteiger partial charge on any atom is -0.494 e. The Kier molecular flexibility index (Phi) is 5.19. The molecule has 3 aromatic rings. The van der Waals surface area contributed by atoms with Crippen LogP contribution in [0, 0.1) is 0 Å². The highest BCUT2D eigenvalue weighted by Crippen LogP contribution is 2.36. The topological polar surface area (TPSA) is 63.8 Å². The zero-order chi connectivity index (χ0) is 22.1. The molecule has 0 saturated carbocycles. The van der Waals surface area contributed by atoms with Crippen LogP contribution in [0.5, 0.6) is 5.75 Å². The monoisotopic (exact) mass is 424 g/mol. The van der Waals surface area contributed by atoms with Crippen LogP contribution in [0.2, 0.25) is 0 Å². The van der Waals surface area contributed by atoms with Crippen LogP contribution >= 0.6 is 0 Å². The Hall–Kier alpha value is -3.93. The third-order valence-electron chi connectivity index (χ3n) is 5.69. The van der Waals surface area contributed by atoms with Crippen LogP contribution in [0.25, 0.3) is 33.3 Å². The van der Waals surface area contributed by atoms with Crippen molar-refractivity contribution in [2.75, 3.05) is 25.1 Å². The van der Waals surface area contributed by atoms with Gasteiger partial charge in [-0.15, -0.1) is 0 Å². The largest absolute Gasteiger partial charge is 0.494 e. The Bertz CT molecular complexity index is 1440. The number of fused-ring (bicyclic) bond motifs is 4. The van der Waals surface area contributed by atoms with Crippen LogP contribution in [-0.4, -0.2) is 30.2 Å². The second-order valence-electron chi connectivity index (χ2n) is 7.49. The summed E-state index contributed by atoms with van der Waals surface area (Å²) < 4.78 is 12.1. The third-order valence-corrected chi connectivity index (χ3v) is 5.69. The van der Waals surface area contributed by atoms with E-state index in [0.717, 1.165) is 46.3 Å². The minimum absolute atomic E-state index is 0.683. The van der Waals surface area contributed by atoms with Crippen LogP contribution in [0.4, 0.5) is 11.4 Å². The van der Waals surface area contributed by atoms with Crippen molar-refractivity contribution in [3.8, 4) is 17.2 Å². The quantitative estimate of drug-likeness (QED) is 0.273. The highest BCUT2D eigenvalue weighted by atomic mass is 16.5. The first-order chi connectivity index (χ1) is 15.7. The Labute approximate surface area is 186 Å². The van der Waals surface area contributed by atoms with Crippen LogP contribution in [-0.2, 0) is 0 Å². The number of methoxy groups -OCH3 is 1. The highest BCUT2D eigenvalue weighted by Gasteiger charge is 2.18. The summed E-state index contributed by atoms with van der Waals surface area (Å²) in [6.45, 7) is 6.06. The molecule has 2 aliphatic rings. The molecule has 0 radical (unpaired) electrons. The van der Waals surface area contributed by atoms with E-state index in [9.17, 15) is 0 Å². The van der Waals surface area contributed by atoms with Crippen molar-refractivity contribution >= 4 is 33.2 Å². The van der Waals surface area contributed by atoms with Gasteiger partial charge in [0.1, 0.15) is 17.0 Å². The maximum atomic E-state index is 6.41. The first kappa shape index (κ1) is 20.0. The Morgan fingerprint density at radius 1 is 0.969 bits per heavy atom. The Morgan fingerprint density at radius 3 is 2.44 bits per heavy atom. The predicted octanol–water partition coefficient (Wildman–Crippen LogP) is 5.57. The van der Waals surface area contributed by atoms with Gasteiger partial charge in [0.15, 0.2) is 11.3 Å². The van der Waals surface area contributed by atoms with E-state index in [-0.39, 0.29) is 0 Å². The second kappa shape index (κ2) is 8.30. The van der Waals surface area contributed by atoms with E-state index in [1.165, 1.54) is 0 Å². The summed E-state index contributed by atoms with van der Waals surface area (Å²) in [6.07, 6.45) is 3.48. The molecule has 0 atom stereocenters. The van der Waals surface area contributed by atoms with E-state index in [1.807, 2.05) is 48.5 Å². The molecule has 0 saturated heterocycles. The Balaban J connectivity index is 1.85. The lowest BCUT2D eigenvalue weighted by atomic mass is 10.0. The van der Waals surface area contributed by atoms with Crippen molar-refractivity contribution in [1.82, 2.24) is 9.97 Å². The maximum absolute atomic E-state index is 6.41. The van der Waals surface area contributed by atoms with Gasteiger partial charge in [0.05, 0.1) is 18.2 Å². The molecule has 0 fully saturated rings. The van der Waals surface area contributed by atoms with Crippen molar-refractivity contribution in [2.45, 2.75) is 13.8 Å². The number of ether oxygens (including phenoxy) is 1. The number of nitrogens with zero attached hydrogens (tertiary/aromatic N) is 4. The van der Waals surface area contributed by atoms with Gasteiger partial charge in [-0.3, -0.25) is 4.98 Å². The highest BCUT2D eigenvalue weighted by molar-refractivity contribution is 5.97. The summed E-state index contributed by atoms with van der Waals surface area (Å²) in [5.41, 5.74) is 4.06. The summed E-state index contributed by atoms with van der Waals surface area (Å²) in [5.74, 6) is 1.38. The van der Waals surface area contributed by atoms with Gasteiger partial charge < -0.3 is 14.1 Å². The number of hydrogen-bond donors (Lipinski definition) is 0. The summed E-state index contributed by atoms with van der Waals surface area (Å²) in [5, 5.41) is 2.83. The SMILES string of the molecule is CCN(CC)c1cc(OC)c2nc3c4ccccc4/c(=N\c4ccncc4)cc-3oc2c1. The van der Waals surface area contributed by atoms with E-state index in [2.05, 4.69) is 29.8 Å². The lowest BCUT2D eigenvalue weighted by Crippen LogP contribution is -2.21. The van der Waals surface area contributed by atoms with Crippen molar-refractivity contribution < 1.29 is 9.15 Å². The number of rotatable bonds is 5. The molecular weight excluding hydrogens is 400 g/mol. The van der Waals surface area contributed by atoms with E-state index in [0.29, 0.717) is 22.6 Å². The molecule has 0 unspecified atom stereocenters. The van der Waals surface area contributed by atoms with Crippen LogP contribution in [0.3, 0.4) is 0 Å². The zero-order valence-electron chi connectivity index (χ0n) is 18.4. The molecule has 1 aliphatic carbocycles. The molecule has 5 rings (SSSR count). The summed E-state index contributed by atoms with van der Waals surface area (Å²) in [7, 11) is 1.67. The summed E-state index contributed by atoms with van der Waals surface area (Å²) in [6, 6.07) is 17.9. The molecule has 32 heavy (non-hydrogen) atoms. The van der Waals surface area contributed by atoms with Gasteiger partial charge in [-0.25, -0.2) is 9.98 Å². The maximum Gasteiger partial charge on any atom is 0.159 e. The van der Waals surface area contributed by atoms with Crippen molar-refractivity contribution in [3.05, 3.63) is 72.3 Å². The molecule has 0 N–H and O–H groups in total. The average molecular weight is 425 g/mol. The number of anilines is 1. The summed E-state index contributed by atoms with van der Waals surface area (Å²) in [4.78, 5) is 16.2. The van der Waals surface area contributed by atoms with Gasteiger partial charge in [0, 0.05) is 60.1 Å². The fourth-order valence-corrected chi connectivity index (χ4v) is 4.07. The van der Waals surface area contributed by atoms with Gasteiger partial charge in [-0.2, -0.15) is 0 Å². The fourth-order valence-electron chi connectivity index (χ4n) is 4.07. The first-order valence-electron chi connectivity index (χ1n) is 10.8. The molecule has 2 heterocycles. The molecule has 0 amide bonds. The fraction of sp³-hybridized carbons (Fsp3) is 0.192. The normalized spacial score (nSPS) is 12.0. The van der Waals surface area contributed by atoms with Crippen LogP contribution in [0.15, 0.2) is 76.4 Å². The molecule has 6 nitrogen and oxygen atoms in total. The summed E-state index contributed by atoms with van der Waals surface area (Å²) >= 11 is 0. The average Bonchev–Trinajstić information content (AvgIpc) is 2.84. The van der Waals surface area contributed by atoms with E-state index >= 15 is 0 Å². The molecule has 0 spiro atoms. The first-order valence-corrected chi connectivity index (χ1v) is 10.8. The molecular formula is C26H24N4O2.